The first-order valence-corrected chi connectivity index (χ1v) is 7.51. The number of anilines is 1. The first-order chi connectivity index (χ1) is 9.29. The Bertz CT molecular complexity index is 546. The molecule has 0 fully saturated rings. The second-order valence-corrected chi connectivity index (χ2v) is 5.42. The molecule has 0 aromatic heterocycles. The van der Waals surface area contributed by atoms with Crippen LogP contribution in [-0.4, -0.2) is 0 Å². The molecular weight excluding hydrogens is 250 g/mol. The molecule has 0 saturated carbocycles. The molecule has 2 N–H and O–H groups in total. The maximum Gasteiger partial charge on any atom is 0.0388 e. The van der Waals surface area contributed by atoms with Gasteiger partial charge in [-0.1, -0.05) is 49.4 Å². The van der Waals surface area contributed by atoms with Gasteiger partial charge >= 0.3 is 0 Å². The summed E-state index contributed by atoms with van der Waals surface area (Å²) in [4.78, 5) is 1.26. The Morgan fingerprint density at radius 3 is 2.63 bits per heavy atom. The molecular formula is C17H19NS. The molecule has 0 spiro atoms. The normalized spacial score (nSPS) is 11.0. The summed E-state index contributed by atoms with van der Waals surface area (Å²) in [6.07, 6.45) is 5.26. The van der Waals surface area contributed by atoms with E-state index in [1.165, 1.54) is 10.5 Å². The van der Waals surface area contributed by atoms with E-state index in [0.717, 1.165) is 23.4 Å². The van der Waals surface area contributed by atoms with Gasteiger partial charge in [-0.25, -0.2) is 0 Å². The van der Waals surface area contributed by atoms with Crippen LogP contribution in [0.15, 0.2) is 59.5 Å². The third kappa shape index (κ3) is 4.18. The molecule has 0 aliphatic heterocycles. The molecule has 0 unspecified atom stereocenters. The maximum absolute atomic E-state index is 5.98. The van der Waals surface area contributed by atoms with Gasteiger partial charge in [0.1, 0.15) is 0 Å². The number of benzene rings is 2. The molecule has 2 aromatic rings. The number of nitrogen functional groups attached to an aromatic ring is 1. The van der Waals surface area contributed by atoms with Gasteiger partial charge in [0, 0.05) is 16.3 Å². The van der Waals surface area contributed by atoms with Crippen LogP contribution in [0.1, 0.15) is 24.5 Å². The fourth-order valence-corrected chi connectivity index (χ4v) is 2.67. The topological polar surface area (TPSA) is 26.0 Å². The monoisotopic (exact) mass is 269 g/mol. The second-order valence-electron chi connectivity index (χ2n) is 4.38. The molecule has 0 heterocycles. The van der Waals surface area contributed by atoms with E-state index in [9.17, 15) is 0 Å². The van der Waals surface area contributed by atoms with Crippen LogP contribution >= 0.6 is 11.8 Å². The van der Waals surface area contributed by atoms with Gasteiger partial charge in [-0.15, -0.1) is 11.8 Å². The van der Waals surface area contributed by atoms with E-state index in [0.29, 0.717) is 0 Å². The Labute approximate surface area is 119 Å². The lowest BCUT2D eigenvalue weighted by atomic mass is 10.1. The number of rotatable bonds is 5. The number of allylic oxidation sites excluding steroid dienone is 1. The Morgan fingerprint density at radius 1 is 1.11 bits per heavy atom. The van der Waals surface area contributed by atoms with Crippen molar-refractivity contribution < 1.29 is 0 Å². The van der Waals surface area contributed by atoms with Crippen molar-refractivity contribution >= 4 is 23.5 Å². The van der Waals surface area contributed by atoms with Crippen molar-refractivity contribution in [3.63, 3.8) is 0 Å². The highest BCUT2D eigenvalue weighted by Gasteiger charge is 2.00. The minimum absolute atomic E-state index is 0.841. The number of hydrogen-bond acceptors (Lipinski definition) is 2. The molecule has 2 heteroatoms. The van der Waals surface area contributed by atoms with Crippen molar-refractivity contribution in [2.75, 3.05) is 5.73 Å². The zero-order valence-electron chi connectivity index (χ0n) is 11.2. The van der Waals surface area contributed by atoms with Crippen LogP contribution in [0.4, 0.5) is 5.69 Å². The molecule has 19 heavy (non-hydrogen) atoms. The fraction of sp³-hybridized carbons (Fsp3) is 0.176. The molecule has 0 atom stereocenters. The summed E-state index contributed by atoms with van der Waals surface area (Å²) in [7, 11) is 0. The van der Waals surface area contributed by atoms with Gasteiger partial charge in [-0.2, -0.15) is 0 Å². The molecule has 0 bridgehead atoms. The van der Waals surface area contributed by atoms with Gasteiger partial charge in [-0.05, 0) is 35.7 Å². The van der Waals surface area contributed by atoms with E-state index in [2.05, 4.69) is 55.5 Å². The minimum Gasteiger partial charge on any atom is -0.398 e. The summed E-state index contributed by atoms with van der Waals surface area (Å²) in [5.41, 5.74) is 9.27. The Hall–Kier alpha value is -1.67. The molecule has 0 aliphatic carbocycles. The van der Waals surface area contributed by atoms with Crippen molar-refractivity contribution in [3.05, 3.63) is 65.7 Å². The molecule has 2 rings (SSSR count). The van der Waals surface area contributed by atoms with Crippen LogP contribution < -0.4 is 5.73 Å². The minimum atomic E-state index is 0.841. The average molecular weight is 269 g/mol. The van der Waals surface area contributed by atoms with Gasteiger partial charge in [0.2, 0.25) is 0 Å². The van der Waals surface area contributed by atoms with Crippen molar-refractivity contribution in [2.45, 2.75) is 24.0 Å². The van der Waals surface area contributed by atoms with E-state index in [4.69, 9.17) is 5.73 Å². The van der Waals surface area contributed by atoms with Crippen LogP contribution in [0, 0.1) is 0 Å². The molecule has 98 valence electrons. The summed E-state index contributed by atoms with van der Waals surface area (Å²) in [6, 6.07) is 16.8. The molecule has 0 amide bonds. The third-order valence-electron chi connectivity index (χ3n) is 2.84. The summed E-state index contributed by atoms with van der Waals surface area (Å²) in [5.74, 6) is 0.988. The number of nitrogens with two attached hydrogens (primary N) is 1. The Morgan fingerprint density at radius 2 is 1.89 bits per heavy atom. The lowest BCUT2D eigenvalue weighted by Gasteiger charge is -2.06. The standard InChI is InChI=1S/C17H19NS/c1-2-3-9-15-12-16(10-11-17(15)18)19-13-14-7-5-4-6-8-14/h3-12H,2,13,18H2,1H3. The summed E-state index contributed by atoms with van der Waals surface area (Å²) < 4.78 is 0. The zero-order chi connectivity index (χ0) is 13.5. The lowest BCUT2D eigenvalue weighted by Crippen LogP contribution is -1.89. The van der Waals surface area contributed by atoms with E-state index < -0.39 is 0 Å². The van der Waals surface area contributed by atoms with Crippen LogP contribution in [0.2, 0.25) is 0 Å². The Balaban J connectivity index is 2.07. The molecule has 2 aromatic carbocycles. The first kappa shape index (κ1) is 13.8. The smallest absolute Gasteiger partial charge is 0.0388 e. The van der Waals surface area contributed by atoms with E-state index in [-0.39, 0.29) is 0 Å². The second kappa shape index (κ2) is 7.05. The lowest BCUT2D eigenvalue weighted by molar-refractivity contribution is 1.23. The molecule has 0 saturated heterocycles. The van der Waals surface area contributed by atoms with Crippen molar-refractivity contribution in [2.24, 2.45) is 0 Å². The number of hydrogen-bond donors (Lipinski definition) is 1. The summed E-state index contributed by atoms with van der Waals surface area (Å²) >= 11 is 1.84. The maximum atomic E-state index is 5.98. The number of thioether (sulfide) groups is 1. The van der Waals surface area contributed by atoms with Crippen molar-refractivity contribution in [1.29, 1.82) is 0 Å². The molecule has 0 radical (unpaired) electrons. The van der Waals surface area contributed by atoms with Gasteiger partial charge in [0.25, 0.3) is 0 Å². The van der Waals surface area contributed by atoms with Gasteiger partial charge in [0.05, 0.1) is 0 Å². The third-order valence-corrected chi connectivity index (χ3v) is 3.90. The van der Waals surface area contributed by atoms with Crippen LogP contribution in [-0.2, 0) is 5.75 Å². The predicted molar refractivity (Wildman–Crippen MR) is 86.2 cm³/mol. The average Bonchev–Trinajstić information content (AvgIpc) is 2.46. The summed E-state index contributed by atoms with van der Waals surface area (Å²) in [5, 5.41) is 0. The van der Waals surface area contributed by atoms with Gasteiger partial charge in [0.15, 0.2) is 0 Å². The van der Waals surface area contributed by atoms with E-state index in [1.54, 1.807) is 0 Å². The highest BCUT2D eigenvalue weighted by molar-refractivity contribution is 7.98. The first-order valence-electron chi connectivity index (χ1n) is 6.52. The SMILES string of the molecule is CCC=Cc1cc(SCc2ccccc2)ccc1N. The van der Waals surface area contributed by atoms with Crippen molar-refractivity contribution in [1.82, 2.24) is 0 Å². The summed E-state index contributed by atoms with van der Waals surface area (Å²) in [6.45, 7) is 2.13. The van der Waals surface area contributed by atoms with E-state index >= 15 is 0 Å². The van der Waals surface area contributed by atoms with Crippen LogP contribution in [0.3, 0.4) is 0 Å². The van der Waals surface area contributed by atoms with Crippen LogP contribution in [0.5, 0.6) is 0 Å². The largest absolute Gasteiger partial charge is 0.398 e. The zero-order valence-corrected chi connectivity index (χ0v) is 12.0. The predicted octanol–water partition coefficient (Wildman–Crippen LogP) is 4.98. The molecule has 1 nitrogen and oxygen atoms in total. The highest BCUT2D eigenvalue weighted by atomic mass is 32.2. The fourth-order valence-electron chi connectivity index (χ4n) is 1.77. The van der Waals surface area contributed by atoms with Crippen molar-refractivity contribution in [3.8, 4) is 0 Å². The highest BCUT2D eigenvalue weighted by Crippen LogP contribution is 2.26. The van der Waals surface area contributed by atoms with Crippen LogP contribution in [0.25, 0.3) is 6.08 Å². The van der Waals surface area contributed by atoms with Gasteiger partial charge < -0.3 is 5.73 Å². The Kier molecular flexibility index (Phi) is 5.10. The molecule has 0 aliphatic rings. The van der Waals surface area contributed by atoms with E-state index in [1.807, 2.05) is 23.9 Å². The quantitative estimate of drug-likeness (QED) is 0.611. The van der Waals surface area contributed by atoms with Gasteiger partial charge in [-0.3, -0.25) is 0 Å².